The highest BCUT2D eigenvalue weighted by atomic mass is 14.4. The highest BCUT2D eigenvalue weighted by Crippen LogP contribution is 2.53. The fourth-order valence-corrected chi connectivity index (χ4v) is 8.45. The molecule has 0 N–H and O–H groups in total. The van der Waals surface area contributed by atoms with E-state index >= 15 is 0 Å². The molecule has 7 aliphatic rings. The van der Waals surface area contributed by atoms with E-state index in [-0.39, 0.29) is 0 Å². The summed E-state index contributed by atoms with van der Waals surface area (Å²) in [5, 5.41) is 3.07. The van der Waals surface area contributed by atoms with Gasteiger partial charge < -0.3 is 0 Å². The lowest BCUT2D eigenvalue weighted by atomic mass is 9.76. The minimum absolute atomic E-state index is 0.534. The van der Waals surface area contributed by atoms with Crippen LogP contribution in [0.4, 0.5) is 0 Å². The zero-order valence-corrected chi connectivity index (χ0v) is 20.7. The molecule has 0 bridgehead atoms. The fourth-order valence-electron chi connectivity index (χ4n) is 8.45. The van der Waals surface area contributed by atoms with Crippen LogP contribution in [0.3, 0.4) is 0 Å². The molecule has 7 aliphatic carbocycles. The number of rotatable bonds is 0. The Hall–Kier alpha value is -3.38. The van der Waals surface area contributed by atoms with Gasteiger partial charge in [0.1, 0.15) is 0 Å². The van der Waals surface area contributed by atoms with Gasteiger partial charge in [-0.05, 0) is 128 Å². The Bertz CT molecular complexity index is 1710. The van der Waals surface area contributed by atoms with E-state index in [4.69, 9.17) is 0 Å². The maximum atomic E-state index is 2.63. The Balaban J connectivity index is 1.20. The van der Waals surface area contributed by atoms with Gasteiger partial charge in [0.25, 0.3) is 0 Å². The second-order valence-electron chi connectivity index (χ2n) is 11.8. The van der Waals surface area contributed by atoms with Gasteiger partial charge in [0.05, 0.1) is 0 Å². The molecule has 0 saturated carbocycles. The Labute approximate surface area is 213 Å². The minimum atomic E-state index is 0.534. The molecule has 174 valence electrons. The molecule has 0 aliphatic heterocycles. The molecule has 0 radical (unpaired) electrons. The van der Waals surface area contributed by atoms with Gasteiger partial charge in [-0.15, -0.1) is 0 Å². The molecular weight excluding hydrogens is 432 g/mol. The summed E-state index contributed by atoms with van der Waals surface area (Å²) >= 11 is 0. The maximum absolute atomic E-state index is 2.63. The normalized spacial score (nSPS) is 27.6. The third kappa shape index (κ3) is 2.55. The van der Waals surface area contributed by atoms with E-state index in [0.29, 0.717) is 11.8 Å². The lowest BCUT2D eigenvalue weighted by molar-refractivity contribution is 0.619. The van der Waals surface area contributed by atoms with Gasteiger partial charge in [0.15, 0.2) is 0 Å². The van der Waals surface area contributed by atoms with Crippen LogP contribution in [-0.2, 0) is 12.8 Å². The second-order valence-corrected chi connectivity index (χ2v) is 11.8. The molecule has 0 heteroatoms. The van der Waals surface area contributed by atoms with Gasteiger partial charge in [0.2, 0.25) is 0 Å². The van der Waals surface area contributed by atoms with E-state index in [9.17, 15) is 0 Å². The summed E-state index contributed by atoms with van der Waals surface area (Å²) in [5.74, 6) is 1.89. The van der Waals surface area contributed by atoms with Gasteiger partial charge in [-0.3, -0.25) is 0 Å². The molecule has 0 amide bonds. The fraction of sp³-hybridized carbons (Fsp3) is 0.278. The predicted octanol–water partition coefficient (Wildman–Crippen LogP) is 6.95. The summed E-state index contributed by atoms with van der Waals surface area (Å²) in [6, 6.07) is 9.80. The van der Waals surface area contributed by atoms with Crippen LogP contribution in [0.1, 0.15) is 71.4 Å². The van der Waals surface area contributed by atoms with Crippen LogP contribution in [-0.4, -0.2) is 0 Å². The highest BCUT2D eigenvalue weighted by Gasteiger charge is 2.38. The van der Waals surface area contributed by atoms with Crippen LogP contribution < -0.4 is 10.4 Å². The van der Waals surface area contributed by atoms with E-state index in [0.717, 1.165) is 18.8 Å². The molecular formula is C36H30. The number of benzene rings is 2. The van der Waals surface area contributed by atoms with Gasteiger partial charge in [0, 0.05) is 5.92 Å². The van der Waals surface area contributed by atoms with Crippen LogP contribution in [0, 0.1) is 11.8 Å². The maximum Gasteiger partial charge on any atom is 0.0130 e. The van der Waals surface area contributed by atoms with E-state index < -0.39 is 0 Å². The van der Waals surface area contributed by atoms with Crippen molar-refractivity contribution in [3.8, 4) is 0 Å². The van der Waals surface area contributed by atoms with Crippen LogP contribution in [0.5, 0.6) is 0 Å². The number of hydrogen-bond acceptors (Lipinski definition) is 0. The average molecular weight is 463 g/mol. The van der Waals surface area contributed by atoms with E-state index in [1.807, 2.05) is 0 Å². The van der Waals surface area contributed by atoms with Crippen LogP contribution in [0.25, 0.3) is 28.9 Å². The third-order valence-electron chi connectivity index (χ3n) is 10.1. The van der Waals surface area contributed by atoms with Gasteiger partial charge in [-0.25, -0.2) is 0 Å². The van der Waals surface area contributed by atoms with Crippen molar-refractivity contribution in [1.29, 1.82) is 0 Å². The monoisotopic (exact) mass is 462 g/mol. The molecule has 2 aromatic rings. The summed E-state index contributed by atoms with van der Waals surface area (Å²) in [5.41, 5.74) is 17.3. The van der Waals surface area contributed by atoms with Crippen LogP contribution >= 0.6 is 0 Å². The van der Waals surface area contributed by atoms with Gasteiger partial charge in [-0.2, -0.15) is 0 Å². The predicted molar refractivity (Wildman–Crippen MR) is 151 cm³/mol. The van der Waals surface area contributed by atoms with Crippen molar-refractivity contribution >= 4 is 28.9 Å². The molecule has 0 aromatic heterocycles. The van der Waals surface area contributed by atoms with Crippen molar-refractivity contribution in [3.63, 3.8) is 0 Å². The first-order valence-corrected chi connectivity index (χ1v) is 14.0. The molecule has 3 unspecified atom stereocenters. The third-order valence-corrected chi connectivity index (χ3v) is 10.1. The lowest BCUT2D eigenvalue weighted by Crippen LogP contribution is -2.36. The van der Waals surface area contributed by atoms with E-state index in [2.05, 4.69) is 78.9 Å². The van der Waals surface area contributed by atoms with Gasteiger partial charge >= 0.3 is 0 Å². The van der Waals surface area contributed by atoms with Crippen LogP contribution in [0.2, 0.25) is 0 Å². The van der Waals surface area contributed by atoms with Crippen molar-refractivity contribution in [2.45, 2.75) is 50.9 Å². The zero-order chi connectivity index (χ0) is 23.4. The molecule has 2 aromatic carbocycles. The minimum Gasteiger partial charge on any atom is -0.0842 e. The van der Waals surface area contributed by atoms with Crippen molar-refractivity contribution in [1.82, 2.24) is 0 Å². The summed E-state index contributed by atoms with van der Waals surface area (Å²) < 4.78 is 0. The number of allylic oxidation sites excluding steroid dienone is 11. The summed E-state index contributed by atoms with van der Waals surface area (Å²) in [6.07, 6.45) is 30.1. The topological polar surface area (TPSA) is 0 Å². The Morgan fingerprint density at radius 1 is 0.806 bits per heavy atom. The Morgan fingerprint density at radius 3 is 2.78 bits per heavy atom. The summed E-state index contributed by atoms with van der Waals surface area (Å²) in [7, 11) is 0. The molecule has 0 spiro atoms. The molecule has 0 fully saturated rings. The number of hydrogen-bond donors (Lipinski definition) is 0. The largest absolute Gasteiger partial charge is 0.0842 e. The Kier molecular flexibility index (Phi) is 3.90. The van der Waals surface area contributed by atoms with E-state index in [1.54, 1.807) is 55.3 Å². The first-order valence-electron chi connectivity index (χ1n) is 14.0. The molecule has 0 nitrogen and oxygen atoms in total. The first-order chi connectivity index (χ1) is 17.8. The first kappa shape index (κ1) is 19.8. The van der Waals surface area contributed by atoms with Gasteiger partial charge in [-0.1, -0.05) is 78.9 Å². The lowest BCUT2D eigenvalue weighted by Gasteiger charge is -2.28. The van der Waals surface area contributed by atoms with Crippen molar-refractivity contribution < 1.29 is 0 Å². The summed E-state index contributed by atoms with van der Waals surface area (Å²) in [6.45, 7) is 0. The van der Waals surface area contributed by atoms with Crippen molar-refractivity contribution in [3.05, 3.63) is 122 Å². The molecule has 36 heavy (non-hydrogen) atoms. The molecule has 9 rings (SSSR count). The second kappa shape index (κ2) is 7.10. The average Bonchev–Trinajstić information content (AvgIpc) is 3.48. The number of fused-ring (bicyclic) bond motifs is 12. The zero-order valence-electron chi connectivity index (χ0n) is 20.7. The quantitative estimate of drug-likeness (QED) is 0.397. The molecule has 3 atom stereocenters. The van der Waals surface area contributed by atoms with E-state index in [1.165, 1.54) is 48.5 Å². The molecule has 0 heterocycles. The highest BCUT2D eigenvalue weighted by molar-refractivity contribution is 5.92. The van der Waals surface area contributed by atoms with Crippen molar-refractivity contribution in [2.24, 2.45) is 11.8 Å². The molecule has 0 saturated heterocycles. The Morgan fingerprint density at radius 2 is 1.78 bits per heavy atom. The smallest absolute Gasteiger partial charge is 0.0130 e. The van der Waals surface area contributed by atoms with Crippen LogP contribution in [0.15, 0.2) is 77.9 Å². The SMILES string of the molecule is C1=CCC2C(=C1)C=Cc1c2ccc2c1C1=CC3=C(CC1C2)c1c(ccc2c1=CCC1CCC=CC=21)C3. The standard InChI is InChI=1S/C36H30/c1-3-7-27-21(5-1)9-15-31-29(27)13-11-23-17-25-20-34-26(19-33(25)35(23)31)18-24-12-14-30-28-8-4-2-6-22(28)10-16-32(30)36(24)34/h1,3-5,8-9,11-16,19,22,25,27H,2,6-7,10,17-18,20H2. The van der Waals surface area contributed by atoms with Crippen molar-refractivity contribution in [2.75, 3.05) is 0 Å². The summed E-state index contributed by atoms with van der Waals surface area (Å²) in [4.78, 5) is 0.